The fourth-order valence-corrected chi connectivity index (χ4v) is 2.61. The molecule has 1 heterocycles. The summed E-state index contributed by atoms with van der Waals surface area (Å²) in [5.74, 6) is 1.43. The number of hydrogen-bond donors (Lipinski definition) is 0. The normalized spacial score (nSPS) is 15.8. The molecule has 0 aromatic carbocycles. The van der Waals surface area contributed by atoms with E-state index in [0.29, 0.717) is 18.9 Å². The molecule has 1 aliphatic carbocycles. The number of esters is 1. The number of aromatic nitrogens is 4. The van der Waals surface area contributed by atoms with Crippen molar-refractivity contribution >= 4 is 5.97 Å². The Morgan fingerprint density at radius 2 is 2.16 bits per heavy atom. The summed E-state index contributed by atoms with van der Waals surface area (Å²) < 4.78 is 6.80. The van der Waals surface area contributed by atoms with Gasteiger partial charge >= 0.3 is 5.97 Å². The minimum Gasteiger partial charge on any atom is -0.466 e. The SMILES string of the molecule is CCOC(=O)CCCCn1nnnc1C1CCCC1. The van der Waals surface area contributed by atoms with Crippen molar-refractivity contribution in [2.24, 2.45) is 0 Å². The van der Waals surface area contributed by atoms with Gasteiger partial charge in [0.2, 0.25) is 0 Å². The zero-order valence-corrected chi connectivity index (χ0v) is 11.5. The third kappa shape index (κ3) is 4.01. The molecule has 0 saturated heterocycles. The second-order valence-electron chi connectivity index (χ2n) is 5.00. The van der Waals surface area contributed by atoms with Crippen molar-refractivity contribution in [1.29, 1.82) is 0 Å². The smallest absolute Gasteiger partial charge is 0.305 e. The van der Waals surface area contributed by atoms with E-state index < -0.39 is 0 Å². The van der Waals surface area contributed by atoms with Crippen LogP contribution in [0.2, 0.25) is 0 Å². The van der Waals surface area contributed by atoms with Gasteiger partial charge in [0, 0.05) is 18.9 Å². The van der Waals surface area contributed by atoms with Crippen molar-refractivity contribution in [3.05, 3.63) is 5.82 Å². The summed E-state index contributed by atoms with van der Waals surface area (Å²) in [6, 6.07) is 0. The van der Waals surface area contributed by atoms with Gasteiger partial charge in [-0.05, 0) is 43.0 Å². The maximum Gasteiger partial charge on any atom is 0.305 e. The van der Waals surface area contributed by atoms with Gasteiger partial charge in [0.05, 0.1) is 6.61 Å². The second kappa shape index (κ2) is 7.21. The zero-order valence-electron chi connectivity index (χ0n) is 11.5. The van der Waals surface area contributed by atoms with Gasteiger partial charge in [-0.3, -0.25) is 4.79 Å². The number of aryl methyl sites for hydroxylation is 1. The number of tetrazole rings is 1. The Morgan fingerprint density at radius 1 is 1.37 bits per heavy atom. The first-order valence-electron chi connectivity index (χ1n) is 7.23. The highest BCUT2D eigenvalue weighted by atomic mass is 16.5. The van der Waals surface area contributed by atoms with Crippen LogP contribution in [0.4, 0.5) is 0 Å². The molecular weight excluding hydrogens is 244 g/mol. The molecule has 0 aliphatic heterocycles. The molecule has 1 aliphatic rings. The molecule has 1 saturated carbocycles. The average Bonchev–Trinajstić information content (AvgIpc) is 3.05. The molecule has 1 aromatic heterocycles. The lowest BCUT2D eigenvalue weighted by molar-refractivity contribution is -0.143. The first kappa shape index (κ1) is 14.0. The Labute approximate surface area is 113 Å². The number of unbranched alkanes of at least 4 members (excludes halogenated alkanes) is 1. The van der Waals surface area contributed by atoms with Crippen LogP contribution < -0.4 is 0 Å². The molecule has 0 spiro atoms. The highest BCUT2D eigenvalue weighted by molar-refractivity contribution is 5.69. The maximum atomic E-state index is 11.2. The number of rotatable bonds is 7. The Bertz CT molecular complexity index is 399. The van der Waals surface area contributed by atoms with E-state index in [4.69, 9.17) is 4.74 Å². The van der Waals surface area contributed by atoms with Crippen molar-refractivity contribution < 1.29 is 9.53 Å². The van der Waals surface area contributed by atoms with Crippen LogP contribution in [0.25, 0.3) is 0 Å². The van der Waals surface area contributed by atoms with E-state index in [1.54, 1.807) is 0 Å². The minimum absolute atomic E-state index is 0.116. The van der Waals surface area contributed by atoms with E-state index in [1.165, 1.54) is 25.7 Å². The molecule has 1 fully saturated rings. The number of nitrogens with zero attached hydrogens (tertiary/aromatic N) is 4. The number of hydrogen-bond acceptors (Lipinski definition) is 5. The third-order valence-corrected chi connectivity index (χ3v) is 3.59. The number of carbonyl (C=O) groups is 1. The molecule has 0 radical (unpaired) electrons. The molecule has 0 bridgehead atoms. The van der Waals surface area contributed by atoms with Crippen LogP contribution >= 0.6 is 0 Å². The molecule has 0 N–H and O–H groups in total. The molecule has 6 nitrogen and oxygen atoms in total. The van der Waals surface area contributed by atoms with E-state index in [-0.39, 0.29) is 5.97 Å². The van der Waals surface area contributed by atoms with Crippen molar-refractivity contribution in [2.45, 2.75) is 64.3 Å². The summed E-state index contributed by atoms with van der Waals surface area (Å²) in [5, 5.41) is 12.0. The maximum absolute atomic E-state index is 11.2. The summed E-state index contributed by atoms with van der Waals surface area (Å²) in [6.07, 6.45) is 7.16. The van der Waals surface area contributed by atoms with E-state index in [1.807, 2.05) is 11.6 Å². The summed E-state index contributed by atoms with van der Waals surface area (Å²) >= 11 is 0. The van der Waals surface area contributed by atoms with Gasteiger partial charge in [-0.2, -0.15) is 0 Å². The monoisotopic (exact) mass is 266 g/mol. The molecule has 0 atom stereocenters. The van der Waals surface area contributed by atoms with Crippen molar-refractivity contribution in [3.8, 4) is 0 Å². The van der Waals surface area contributed by atoms with Crippen molar-refractivity contribution in [3.63, 3.8) is 0 Å². The van der Waals surface area contributed by atoms with E-state index in [0.717, 1.165) is 25.2 Å². The topological polar surface area (TPSA) is 69.9 Å². The van der Waals surface area contributed by atoms with Gasteiger partial charge < -0.3 is 4.74 Å². The number of carbonyl (C=O) groups excluding carboxylic acids is 1. The van der Waals surface area contributed by atoms with Gasteiger partial charge in [0.15, 0.2) is 5.82 Å². The van der Waals surface area contributed by atoms with Crippen molar-refractivity contribution in [2.75, 3.05) is 6.61 Å². The Morgan fingerprint density at radius 3 is 2.89 bits per heavy atom. The lowest BCUT2D eigenvalue weighted by Crippen LogP contribution is -2.10. The highest BCUT2D eigenvalue weighted by Gasteiger charge is 2.22. The Kier molecular flexibility index (Phi) is 5.30. The third-order valence-electron chi connectivity index (χ3n) is 3.59. The zero-order chi connectivity index (χ0) is 13.5. The van der Waals surface area contributed by atoms with E-state index >= 15 is 0 Å². The first-order valence-corrected chi connectivity index (χ1v) is 7.23. The molecule has 0 amide bonds. The summed E-state index contributed by atoms with van der Waals surface area (Å²) in [7, 11) is 0. The lowest BCUT2D eigenvalue weighted by atomic mass is 10.1. The highest BCUT2D eigenvalue weighted by Crippen LogP contribution is 2.32. The molecule has 19 heavy (non-hydrogen) atoms. The van der Waals surface area contributed by atoms with Crippen LogP contribution in [0.1, 0.15) is 63.6 Å². The van der Waals surface area contributed by atoms with Crippen molar-refractivity contribution in [1.82, 2.24) is 20.2 Å². The van der Waals surface area contributed by atoms with Crippen LogP contribution in [-0.2, 0) is 16.1 Å². The molecular formula is C13H22N4O2. The fraction of sp³-hybridized carbons (Fsp3) is 0.846. The van der Waals surface area contributed by atoms with Gasteiger partial charge in [-0.1, -0.05) is 12.8 Å². The van der Waals surface area contributed by atoms with E-state index in [2.05, 4.69) is 15.5 Å². The molecule has 1 aromatic rings. The Balaban J connectivity index is 1.74. The molecule has 6 heteroatoms. The van der Waals surface area contributed by atoms with Gasteiger partial charge in [-0.15, -0.1) is 5.10 Å². The van der Waals surface area contributed by atoms with Crippen LogP contribution in [0, 0.1) is 0 Å². The fourth-order valence-electron chi connectivity index (χ4n) is 2.61. The van der Waals surface area contributed by atoms with E-state index in [9.17, 15) is 4.79 Å². The predicted octanol–water partition coefficient (Wildman–Crippen LogP) is 2.06. The lowest BCUT2D eigenvalue weighted by Gasteiger charge is -2.09. The predicted molar refractivity (Wildman–Crippen MR) is 69.5 cm³/mol. The quantitative estimate of drug-likeness (QED) is 0.558. The van der Waals surface area contributed by atoms with Gasteiger partial charge in [0.1, 0.15) is 0 Å². The first-order chi connectivity index (χ1) is 9.31. The van der Waals surface area contributed by atoms with Crippen LogP contribution in [0.3, 0.4) is 0 Å². The largest absolute Gasteiger partial charge is 0.466 e. The Hall–Kier alpha value is -1.46. The minimum atomic E-state index is -0.116. The van der Waals surface area contributed by atoms with Crippen LogP contribution in [0.5, 0.6) is 0 Å². The standard InChI is InChI=1S/C13H22N4O2/c1-2-19-12(18)9-5-6-10-17-13(14-15-16-17)11-7-3-4-8-11/h11H,2-10H2,1H3. The molecule has 2 rings (SSSR count). The summed E-state index contributed by atoms with van der Waals surface area (Å²) in [6.45, 7) is 3.07. The second-order valence-corrected chi connectivity index (χ2v) is 5.00. The van der Waals surface area contributed by atoms with Gasteiger partial charge in [-0.25, -0.2) is 4.68 Å². The average molecular weight is 266 g/mol. The molecule has 0 unspecified atom stereocenters. The van der Waals surface area contributed by atoms with Gasteiger partial charge in [0.25, 0.3) is 0 Å². The number of ether oxygens (including phenoxy) is 1. The van der Waals surface area contributed by atoms with Crippen LogP contribution in [-0.4, -0.2) is 32.8 Å². The molecule has 106 valence electrons. The summed E-state index contributed by atoms with van der Waals surface area (Å²) in [4.78, 5) is 11.2. The summed E-state index contributed by atoms with van der Waals surface area (Å²) in [5.41, 5.74) is 0. The van der Waals surface area contributed by atoms with Crippen LogP contribution in [0.15, 0.2) is 0 Å².